The SMILES string of the molecule is CCn1cc(NC2CCC3CCCCC3C2)ccc1=O. The van der Waals surface area contributed by atoms with Crippen molar-refractivity contribution in [3.05, 3.63) is 28.7 Å². The number of nitrogens with zero attached hydrogens (tertiary/aromatic N) is 1. The predicted octanol–water partition coefficient (Wildman–Crippen LogP) is 3.64. The summed E-state index contributed by atoms with van der Waals surface area (Å²) in [6.07, 6.45) is 11.7. The van der Waals surface area contributed by atoms with Gasteiger partial charge in [0.05, 0.1) is 5.69 Å². The van der Waals surface area contributed by atoms with E-state index in [1.165, 1.54) is 44.9 Å². The molecule has 3 nitrogen and oxygen atoms in total. The molecule has 3 unspecified atom stereocenters. The molecule has 2 aliphatic rings. The molecule has 0 radical (unpaired) electrons. The van der Waals surface area contributed by atoms with E-state index in [2.05, 4.69) is 5.32 Å². The van der Waals surface area contributed by atoms with Gasteiger partial charge in [0.25, 0.3) is 5.56 Å². The zero-order valence-electron chi connectivity index (χ0n) is 12.5. The molecule has 0 saturated heterocycles. The molecule has 2 saturated carbocycles. The quantitative estimate of drug-likeness (QED) is 0.913. The second-order valence-corrected chi connectivity index (χ2v) is 6.50. The lowest BCUT2D eigenvalue weighted by Crippen LogP contribution is -2.34. The van der Waals surface area contributed by atoms with Gasteiger partial charge in [-0.2, -0.15) is 0 Å². The van der Waals surface area contributed by atoms with Gasteiger partial charge in [0.1, 0.15) is 0 Å². The molecule has 1 aromatic heterocycles. The van der Waals surface area contributed by atoms with Crippen molar-refractivity contribution >= 4 is 5.69 Å². The molecule has 1 N–H and O–H groups in total. The highest BCUT2D eigenvalue weighted by atomic mass is 16.1. The Morgan fingerprint density at radius 3 is 2.75 bits per heavy atom. The van der Waals surface area contributed by atoms with E-state index in [-0.39, 0.29) is 5.56 Å². The first-order valence-electron chi connectivity index (χ1n) is 8.23. The van der Waals surface area contributed by atoms with Gasteiger partial charge in [-0.3, -0.25) is 4.79 Å². The number of nitrogens with one attached hydrogen (secondary N) is 1. The smallest absolute Gasteiger partial charge is 0.250 e. The summed E-state index contributed by atoms with van der Waals surface area (Å²) in [6, 6.07) is 4.21. The summed E-state index contributed by atoms with van der Waals surface area (Å²) >= 11 is 0. The van der Waals surface area contributed by atoms with Crippen LogP contribution in [0.3, 0.4) is 0 Å². The largest absolute Gasteiger partial charge is 0.381 e. The zero-order valence-corrected chi connectivity index (χ0v) is 12.5. The topological polar surface area (TPSA) is 34.0 Å². The van der Waals surface area contributed by atoms with E-state index in [1.54, 1.807) is 10.6 Å². The third-order valence-corrected chi connectivity index (χ3v) is 5.23. The number of rotatable bonds is 3. The van der Waals surface area contributed by atoms with Gasteiger partial charge in [-0.15, -0.1) is 0 Å². The summed E-state index contributed by atoms with van der Waals surface area (Å²) in [6.45, 7) is 2.75. The predicted molar refractivity (Wildman–Crippen MR) is 83.1 cm³/mol. The first-order valence-corrected chi connectivity index (χ1v) is 8.23. The lowest BCUT2D eigenvalue weighted by Gasteiger charge is -2.39. The molecule has 0 spiro atoms. The van der Waals surface area contributed by atoms with Gasteiger partial charge < -0.3 is 9.88 Å². The second-order valence-electron chi connectivity index (χ2n) is 6.50. The minimum atomic E-state index is 0.0917. The molecule has 3 atom stereocenters. The van der Waals surface area contributed by atoms with Crippen molar-refractivity contribution in [3.8, 4) is 0 Å². The molecule has 20 heavy (non-hydrogen) atoms. The summed E-state index contributed by atoms with van der Waals surface area (Å²) in [7, 11) is 0. The lowest BCUT2D eigenvalue weighted by atomic mass is 9.69. The van der Waals surface area contributed by atoms with Gasteiger partial charge in [0.15, 0.2) is 0 Å². The number of anilines is 1. The van der Waals surface area contributed by atoms with Gasteiger partial charge in [-0.05, 0) is 44.1 Å². The van der Waals surface area contributed by atoms with Crippen LogP contribution < -0.4 is 10.9 Å². The van der Waals surface area contributed by atoms with Crippen molar-refractivity contribution in [1.82, 2.24) is 4.57 Å². The summed E-state index contributed by atoms with van der Waals surface area (Å²) < 4.78 is 1.77. The summed E-state index contributed by atoms with van der Waals surface area (Å²) in [5.41, 5.74) is 1.19. The van der Waals surface area contributed by atoms with Crippen LogP contribution in [0.1, 0.15) is 51.9 Å². The molecular weight excluding hydrogens is 248 g/mol. The maximum absolute atomic E-state index is 11.6. The highest BCUT2D eigenvalue weighted by Crippen LogP contribution is 2.41. The van der Waals surface area contributed by atoms with Crippen LogP contribution in [0, 0.1) is 11.8 Å². The second kappa shape index (κ2) is 6.02. The zero-order chi connectivity index (χ0) is 13.9. The monoisotopic (exact) mass is 274 g/mol. The molecule has 2 fully saturated rings. The fraction of sp³-hybridized carbons (Fsp3) is 0.706. The molecule has 0 amide bonds. The first-order chi connectivity index (χ1) is 9.76. The molecule has 1 aromatic rings. The Bertz CT molecular complexity index is 508. The van der Waals surface area contributed by atoms with Crippen molar-refractivity contribution in [2.75, 3.05) is 5.32 Å². The maximum atomic E-state index is 11.6. The Morgan fingerprint density at radius 1 is 1.15 bits per heavy atom. The normalized spacial score (nSPS) is 29.8. The summed E-state index contributed by atoms with van der Waals surface area (Å²) in [5, 5.41) is 3.66. The van der Waals surface area contributed by atoms with E-state index < -0.39 is 0 Å². The Labute approximate surface area is 121 Å². The summed E-state index contributed by atoms with van der Waals surface area (Å²) in [4.78, 5) is 11.6. The van der Waals surface area contributed by atoms with Gasteiger partial charge in [-0.1, -0.05) is 25.7 Å². The number of pyridine rings is 1. The van der Waals surface area contributed by atoms with Crippen molar-refractivity contribution in [2.24, 2.45) is 11.8 Å². The van der Waals surface area contributed by atoms with Gasteiger partial charge in [0.2, 0.25) is 0 Å². The van der Waals surface area contributed by atoms with Crippen LogP contribution in [0.5, 0.6) is 0 Å². The minimum Gasteiger partial charge on any atom is -0.381 e. The van der Waals surface area contributed by atoms with E-state index in [1.807, 2.05) is 19.2 Å². The van der Waals surface area contributed by atoms with Crippen molar-refractivity contribution < 1.29 is 0 Å². The number of aryl methyl sites for hydroxylation is 1. The molecule has 110 valence electrons. The fourth-order valence-corrected chi connectivity index (χ4v) is 4.10. The van der Waals surface area contributed by atoms with E-state index in [0.29, 0.717) is 6.04 Å². The minimum absolute atomic E-state index is 0.0917. The van der Waals surface area contributed by atoms with Crippen LogP contribution in [0.25, 0.3) is 0 Å². The molecule has 0 bridgehead atoms. The van der Waals surface area contributed by atoms with Gasteiger partial charge >= 0.3 is 0 Å². The first kappa shape index (κ1) is 13.7. The summed E-state index contributed by atoms with van der Waals surface area (Å²) in [5.74, 6) is 1.93. The Balaban J connectivity index is 1.64. The van der Waals surface area contributed by atoms with Crippen molar-refractivity contribution in [3.63, 3.8) is 0 Å². The third-order valence-electron chi connectivity index (χ3n) is 5.23. The highest BCUT2D eigenvalue weighted by Gasteiger charge is 2.31. The molecule has 3 heteroatoms. The molecule has 3 rings (SSSR count). The maximum Gasteiger partial charge on any atom is 0.250 e. The molecule has 1 heterocycles. The van der Waals surface area contributed by atoms with E-state index >= 15 is 0 Å². The standard InChI is InChI=1S/C17H26N2O/c1-2-19-12-16(9-10-17(19)20)18-15-8-7-13-5-3-4-6-14(13)11-15/h9-10,12-15,18H,2-8,11H2,1H3. The van der Waals surface area contributed by atoms with E-state index in [9.17, 15) is 4.79 Å². The lowest BCUT2D eigenvalue weighted by molar-refractivity contribution is 0.162. The Hall–Kier alpha value is -1.25. The molecule has 0 aromatic carbocycles. The van der Waals surface area contributed by atoms with Gasteiger partial charge in [0, 0.05) is 24.8 Å². The fourth-order valence-electron chi connectivity index (χ4n) is 4.10. The van der Waals surface area contributed by atoms with Crippen LogP contribution in [0.2, 0.25) is 0 Å². The van der Waals surface area contributed by atoms with Crippen LogP contribution in [0.15, 0.2) is 23.1 Å². The average Bonchev–Trinajstić information content (AvgIpc) is 2.49. The average molecular weight is 274 g/mol. The number of fused-ring (bicyclic) bond motifs is 1. The third kappa shape index (κ3) is 2.92. The number of hydrogen-bond donors (Lipinski definition) is 1. The van der Waals surface area contributed by atoms with Crippen LogP contribution in [0.4, 0.5) is 5.69 Å². The highest BCUT2D eigenvalue weighted by molar-refractivity contribution is 5.41. The number of aromatic nitrogens is 1. The molecular formula is C17H26N2O. The molecule has 0 aliphatic heterocycles. The van der Waals surface area contributed by atoms with E-state index in [0.717, 1.165) is 24.1 Å². The molecule has 2 aliphatic carbocycles. The van der Waals surface area contributed by atoms with Crippen molar-refractivity contribution in [2.45, 2.75) is 64.5 Å². The van der Waals surface area contributed by atoms with Crippen molar-refractivity contribution in [1.29, 1.82) is 0 Å². The Kier molecular flexibility index (Phi) is 4.13. The van der Waals surface area contributed by atoms with Crippen LogP contribution >= 0.6 is 0 Å². The van der Waals surface area contributed by atoms with Crippen LogP contribution in [-0.4, -0.2) is 10.6 Å². The van der Waals surface area contributed by atoms with E-state index in [4.69, 9.17) is 0 Å². The van der Waals surface area contributed by atoms with Crippen LogP contribution in [-0.2, 0) is 6.54 Å². The Morgan fingerprint density at radius 2 is 1.95 bits per heavy atom. The number of hydrogen-bond acceptors (Lipinski definition) is 2. The van der Waals surface area contributed by atoms with Gasteiger partial charge in [-0.25, -0.2) is 0 Å².